The van der Waals surface area contributed by atoms with Crippen LogP contribution in [0.3, 0.4) is 0 Å². The highest BCUT2D eigenvalue weighted by molar-refractivity contribution is 9.10. The largest absolute Gasteiger partial charge is 0.330 e. The van der Waals surface area contributed by atoms with Crippen LogP contribution in [0.5, 0.6) is 0 Å². The van der Waals surface area contributed by atoms with E-state index < -0.39 is 24.0 Å². The van der Waals surface area contributed by atoms with Crippen molar-refractivity contribution in [3.63, 3.8) is 0 Å². The molecular formula is C9H8BrF4N. The maximum absolute atomic E-state index is 12.8. The molecule has 1 atom stereocenters. The Morgan fingerprint density at radius 2 is 1.73 bits per heavy atom. The molecule has 0 spiro atoms. The fraction of sp³-hybridized carbons (Fsp3) is 0.333. The number of halogens is 5. The molecule has 0 bridgehead atoms. The van der Waals surface area contributed by atoms with Crippen LogP contribution in [0.25, 0.3) is 0 Å². The lowest BCUT2D eigenvalue weighted by molar-refractivity contribution is 0.116. The molecule has 2 N–H and O–H groups in total. The molecule has 1 aromatic carbocycles. The van der Waals surface area contributed by atoms with Gasteiger partial charge in [0.05, 0.1) is 5.92 Å². The van der Waals surface area contributed by atoms with Crippen molar-refractivity contribution in [3.8, 4) is 0 Å². The van der Waals surface area contributed by atoms with E-state index in [2.05, 4.69) is 15.9 Å². The SMILES string of the molecule is NCC(c1cc(F)c(F)cc1Br)C(F)F. The monoisotopic (exact) mass is 285 g/mol. The van der Waals surface area contributed by atoms with Crippen molar-refractivity contribution in [2.75, 3.05) is 6.54 Å². The van der Waals surface area contributed by atoms with Gasteiger partial charge in [-0.1, -0.05) is 15.9 Å². The van der Waals surface area contributed by atoms with E-state index in [0.29, 0.717) is 0 Å². The summed E-state index contributed by atoms with van der Waals surface area (Å²) >= 11 is 2.90. The smallest absolute Gasteiger partial charge is 0.246 e. The maximum Gasteiger partial charge on any atom is 0.246 e. The molecule has 1 rings (SSSR count). The number of nitrogens with two attached hydrogens (primary N) is 1. The Labute approximate surface area is 92.4 Å². The molecule has 6 heteroatoms. The summed E-state index contributed by atoms with van der Waals surface area (Å²) in [5, 5.41) is 0. The van der Waals surface area contributed by atoms with E-state index in [1.54, 1.807) is 0 Å². The van der Waals surface area contributed by atoms with Crippen LogP contribution in [-0.4, -0.2) is 13.0 Å². The van der Waals surface area contributed by atoms with Gasteiger partial charge in [-0.2, -0.15) is 0 Å². The molecule has 0 aliphatic carbocycles. The second-order valence-electron chi connectivity index (χ2n) is 2.96. The molecule has 0 saturated heterocycles. The van der Waals surface area contributed by atoms with Crippen LogP contribution in [0.15, 0.2) is 16.6 Å². The third kappa shape index (κ3) is 2.69. The molecule has 15 heavy (non-hydrogen) atoms. The standard InChI is InChI=1S/C9H8BrF4N/c10-6-2-8(12)7(11)1-4(6)5(3-15)9(13)14/h1-2,5,9H,3,15H2. The Morgan fingerprint density at radius 1 is 1.20 bits per heavy atom. The van der Waals surface area contributed by atoms with E-state index in [9.17, 15) is 17.6 Å². The van der Waals surface area contributed by atoms with Crippen LogP contribution in [0.4, 0.5) is 17.6 Å². The Hall–Kier alpha value is -0.620. The van der Waals surface area contributed by atoms with E-state index >= 15 is 0 Å². The van der Waals surface area contributed by atoms with E-state index in [0.717, 1.165) is 12.1 Å². The maximum atomic E-state index is 12.8. The second-order valence-corrected chi connectivity index (χ2v) is 3.82. The highest BCUT2D eigenvalue weighted by Crippen LogP contribution is 2.30. The summed E-state index contributed by atoms with van der Waals surface area (Å²) < 4.78 is 50.6. The van der Waals surface area contributed by atoms with Crippen molar-refractivity contribution in [3.05, 3.63) is 33.8 Å². The molecule has 0 saturated carbocycles. The lowest BCUT2D eigenvalue weighted by Crippen LogP contribution is -2.20. The summed E-state index contributed by atoms with van der Waals surface area (Å²) in [7, 11) is 0. The lowest BCUT2D eigenvalue weighted by Gasteiger charge is -2.15. The highest BCUT2D eigenvalue weighted by Gasteiger charge is 2.24. The summed E-state index contributed by atoms with van der Waals surface area (Å²) in [6.45, 7) is -0.332. The molecule has 1 nitrogen and oxygen atoms in total. The van der Waals surface area contributed by atoms with Crippen molar-refractivity contribution in [2.24, 2.45) is 5.73 Å². The van der Waals surface area contributed by atoms with Crippen LogP contribution in [0.2, 0.25) is 0 Å². The normalized spacial score (nSPS) is 13.3. The Kier molecular flexibility index (Phi) is 4.10. The fourth-order valence-electron chi connectivity index (χ4n) is 1.19. The van der Waals surface area contributed by atoms with Gasteiger partial charge in [0, 0.05) is 11.0 Å². The fourth-order valence-corrected chi connectivity index (χ4v) is 1.80. The summed E-state index contributed by atoms with van der Waals surface area (Å²) in [6.07, 6.45) is -2.71. The number of benzene rings is 1. The highest BCUT2D eigenvalue weighted by atomic mass is 79.9. The van der Waals surface area contributed by atoms with Crippen LogP contribution < -0.4 is 5.73 Å². The third-order valence-electron chi connectivity index (χ3n) is 2.00. The Bertz CT molecular complexity index is 356. The predicted octanol–water partition coefficient (Wildman–Crippen LogP) is 3.03. The van der Waals surface area contributed by atoms with Gasteiger partial charge in [0.2, 0.25) is 6.43 Å². The predicted molar refractivity (Wildman–Crippen MR) is 51.9 cm³/mol. The number of alkyl halides is 2. The zero-order chi connectivity index (χ0) is 11.6. The van der Waals surface area contributed by atoms with Gasteiger partial charge >= 0.3 is 0 Å². The molecule has 0 radical (unpaired) electrons. The minimum Gasteiger partial charge on any atom is -0.330 e. The van der Waals surface area contributed by atoms with Gasteiger partial charge in [-0.05, 0) is 17.7 Å². The second kappa shape index (κ2) is 4.94. The van der Waals surface area contributed by atoms with E-state index in [1.165, 1.54) is 0 Å². The summed E-state index contributed by atoms with van der Waals surface area (Å²) in [5.41, 5.74) is 5.12. The van der Waals surface area contributed by atoms with Crippen LogP contribution in [-0.2, 0) is 0 Å². The molecule has 1 unspecified atom stereocenters. The minimum absolute atomic E-state index is 0.0219. The van der Waals surface area contributed by atoms with Gasteiger partial charge in [-0.15, -0.1) is 0 Å². The first-order chi connectivity index (χ1) is 6.97. The van der Waals surface area contributed by atoms with E-state index in [1.807, 2.05) is 0 Å². The summed E-state index contributed by atoms with van der Waals surface area (Å²) in [4.78, 5) is 0. The first-order valence-electron chi connectivity index (χ1n) is 4.10. The lowest BCUT2D eigenvalue weighted by atomic mass is 9.99. The van der Waals surface area contributed by atoms with E-state index in [-0.39, 0.29) is 16.6 Å². The summed E-state index contributed by atoms with van der Waals surface area (Å²) in [5.74, 6) is -3.54. The average Bonchev–Trinajstić information content (AvgIpc) is 2.14. The average molecular weight is 286 g/mol. The van der Waals surface area contributed by atoms with Crippen molar-refractivity contribution in [2.45, 2.75) is 12.3 Å². The first kappa shape index (κ1) is 12.4. The van der Waals surface area contributed by atoms with Gasteiger partial charge in [-0.25, -0.2) is 17.6 Å². The van der Waals surface area contributed by atoms with E-state index in [4.69, 9.17) is 5.73 Å². The van der Waals surface area contributed by atoms with Gasteiger partial charge in [-0.3, -0.25) is 0 Å². The zero-order valence-corrected chi connectivity index (χ0v) is 9.07. The number of rotatable bonds is 3. The Balaban J connectivity index is 3.18. The van der Waals surface area contributed by atoms with Gasteiger partial charge in [0.15, 0.2) is 11.6 Å². The van der Waals surface area contributed by atoms with Gasteiger partial charge in [0.1, 0.15) is 0 Å². The minimum atomic E-state index is -2.71. The zero-order valence-electron chi connectivity index (χ0n) is 7.48. The van der Waals surface area contributed by atoms with Crippen molar-refractivity contribution in [1.29, 1.82) is 0 Å². The molecule has 0 fully saturated rings. The Morgan fingerprint density at radius 3 is 2.20 bits per heavy atom. The van der Waals surface area contributed by atoms with Gasteiger partial charge in [0.25, 0.3) is 0 Å². The molecule has 0 heterocycles. The molecule has 0 aromatic heterocycles. The molecule has 0 aliphatic heterocycles. The first-order valence-corrected chi connectivity index (χ1v) is 4.89. The third-order valence-corrected chi connectivity index (χ3v) is 2.68. The quantitative estimate of drug-likeness (QED) is 0.670. The topological polar surface area (TPSA) is 26.0 Å². The van der Waals surface area contributed by atoms with Gasteiger partial charge < -0.3 is 5.73 Å². The molecule has 84 valence electrons. The molecule has 1 aromatic rings. The summed E-state index contributed by atoms with van der Waals surface area (Å²) in [6, 6.07) is 1.55. The number of hydrogen-bond donors (Lipinski definition) is 1. The van der Waals surface area contributed by atoms with Crippen LogP contribution in [0.1, 0.15) is 11.5 Å². The molecule has 0 aliphatic rings. The van der Waals surface area contributed by atoms with Crippen molar-refractivity contribution >= 4 is 15.9 Å². The van der Waals surface area contributed by atoms with Crippen LogP contribution >= 0.6 is 15.9 Å². The van der Waals surface area contributed by atoms with Crippen molar-refractivity contribution in [1.82, 2.24) is 0 Å². The number of hydrogen-bond acceptors (Lipinski definition) is 1. The molecular weight excluding hydrogens is 278 g/mol. The molecule has 0 amide bonds. The van der Waals surface area contributed by atoms with Crippen LogP contribution in [0, 0.1) is 11.6 Å². The van der Waals surface area contributed by atoms with Crippen molar-refractivity contribution < 1.29 is 17.6 Å².